The Morgan fingerprint density at radius 3 is 2.36 bits per heavy atom. The molecule has 1 aromatic carbocycles. The van der Waals surface area contributed by atoms with E-state index < -0.39 is 5.97 Å². The highest BCUT2D eigenvalue weighted by atomic mass is 16.5. The number of benzene rings is 1. The minimum Gasteiger partial charge on any atom is -0.496 e. The first-order chi connectivity index (χ1) is 10.4. The van der Waals surface area contributed by atoms with Crippen LogP contribution in [0.25, 0.3) is 0 Å². The van der Waals surface area contributed by atoms with Gasteiger partial charge in [-0.2, -0.15) is 0 Å². The van der Waals surface area contributed by atoms with Gasteiger partial charge in [0, 0.05) is 11.5 Å². The highest BCUT2D eigenvalue weighted by Crippen LogP contribution is 2.36. The maximum atomic E-state index is 11.5. The minimum atomic E-state index is -0.533. The molecule has 4 heteroatoms. The number of ether oxygens (including phenoxy) is 2. The first kappa shape index (κ1) is 18.0. The number of para-hydroxylation sites is 1. The molecule has 0 aliphatic rings. The molecule has 0 aliphatic heterocycles. The molecule has 1 atom stereocenters. The SMILES string of the molecule is COc1ccccc1C(C(C)=COC(=O)CC(C)=O)C(C)C. The van der Waals surface area contributed by atoms with E-state index in [0.29, 0.717) is 5.92 Å². The standard InChI is InChI=1S/C18H24O4/c1-12(2)18(15-8-6-7-9-16(15)21-5)13(3)11-22-17(20)10-14(4)19/h6-9,11-12,18H,10H2,1-5H3. The van der Waals surface area contributed by atoms with E-state index in [1.165, 1.54) is 13.2 Å². The zero-order chi connectivity index (χ0) is 16.7. The topological polar surface area (TPSA) is 52.6 Å². The van der Waals surface area contributed by atoms with Crippen LogP contribution in [0.15, 0.2) is 36.1 Å². The van der Waals surface area contributed by atoms with Gasteiger partial charge in [-0.3, -0.25) is 9.59 Å². The lowest BCUT2D eigenvalue weighted by atomic mass is 9.83. The van der Waals surface area contributed by atoms with Gasteiger partial charge in [0.05, 0.1) is 13.4 Å². The molecular weight excluding hydrogens is 280 g/mol. The van der Waals surface area contributed by atoms with Gasteiger partial charge in [-0.25, -0.2) is 0 Å². The molecule has 0 fully saturated rings. The Morgan fingerprint density at radius 1 is 1.18 bits per heavy atom. The first-order valence-corrected chi connectivity index (χ1v) is 7.35. The van der Waals surface area contributed by atoms with Gasteiger partial charge in [-0.05, 0) is 31.4 Å². The highest BCUT2D eigenvalue weighted by Gasteiger charge is 2.22. The smallest absolute Gasteiger partial charge is 0.318 e. The number of methoxy groups -OCH3 is 1. The fourth-order valence-electron chi connectivity index (χ4n) is 2.53. The summed E-state index contributed by atoms with van der Waals surface area (Å²) in [6.07, 6.45) is 1.24. The maximum Gasteiger partial charge on any atom is 0.318 e. The zero-order valence-electron chi connectivity index (χ0n) is 13.9. The molecule has 0 aromatic heterocycles. The fraction of sp³-hybridized carbons (Fsp3) is 0.444. The third-order valence-corrected chi connectivity index (χ3v) is 3.40. The molecule has 0 radical (unpaired) electrons. The van der Waals surface area contributed by atoms with Crippen LogP contribution < -0.4 is 4.74 Å². The first-order valence-electron chi connectivity index (χ1n) is 7.35. The molecule has 1 unspecified atom stereocenters. The molecular formula is C18H24O4. The van der Waals surface area contributed by atoms with Gasteiger partial charge >= 0.3 is 5.97 Å². The number of ketones is 1. The van der Waals surface area contributed by atoms with Crippen LogP contribution in [0.3, 0.4) is 0 Å². The summed E-state index contributed by atoms with van der Waals surface area (Å²) in [5.74, 6) is 0.444. The van der Waals surface area contributed by atoms with E-state index in [-0.39, 0.29) is 18.1 Å². The van der Waals surface area contributed by atoms with Crippen molar-refractivity contribution in [2.45, 2.75) is 40.0 Å². The molecule has 0 heterocycles. The summed E-state index contributed by atoms with van der Waals surface area (Å²) < 4.78 is 10.5. The van der Waals surface area contributed by atoms with Crippen LogP contribution in [0.1, 0.15) is 45.6 Å². The molecule has 0 amide bonds. The average molecular weight is 304 g/mol. The lowest BCUT2D eigenvalue weighted by molar-refractivity contribution is -0.140. The second-order valence-corrected chi connectivity index (χ2v) is 5.69. The second kappa shape index (κ2) is 8.37. The maximum absolute atomic E-state index is 11.5. The zero-order valence-corrected chi connectivity index (χ0v) is 13.9. The molecule has 1 aromatic rings. The van der Waals surface area contributed by atoms with E-state index in [1.807, 2.05) is 31.2 Å². The number of rotatable bonds is 7. The number of allylic oxidation sites excluding steroid dienone is 1. The van der Waals surface area contributed by atoms with Gasteiger partial charge in [-0.1, -0.05) is 32.0 Å². The third-order valence-electron chi connectivity index (χ3n) is 3.40. The van der Waals surface area contributed by atoms with E-state index in [2.05, 4.69) is 13.8 Å². The third kappa shape index (κ3) is 5.02. The van der Waals surface area contributed by atoms with Gasteiger partial charge in [0.15, 0.2) is 0 Å². The summed E-state index contributed by atoms with van der Waals surface area (Å²) in [7, 11) is 1.64. The Kier molecular flexibility index (Phi) is 6.83. The van der Waals surface area contributed by atoms with Crippen molar-refractivity contribution in [1.29, 1.82) is 0 Å². The number of carbonyl (C=O) groups is 2. The second-order valence-electron chi connectivity index (χ2n) is 5.69. The largest absolute Gasteiger partial charge is 0.496 e. The Hall–Kier alpha value is -2.10. The molecule has 0 aliphatic carbocycles. The van der Waals surface area contributed by atoms with Gasteiger partial charge < -0.3 is 9.47 Å². The highest BCUT2D eigenvalue weighted by molar-refractivity contribution is 5.94. The van der Waals surface area contributed by atoms with Crippen molar-refractivity contribution in [1.82, 2.24) is 0 Å². The van der Waals surface area contributed by atoms with Gasteiger partial charge in [-0.15, -0.1) is 0 Å². The number of hydrogen-bond donors (Lipinski definition) is 0. The van der Waals surface area contributed by atoms with Crippen LogP contribution >= 0.6 is 0 Å². The van der Waals surface area contributed by atoms with Crippen LogP contribution in [0.4, 0.5) is 0 Å². The van der Waals surface area contributed by atoms with Crippen molar-refractivity contribution in [2.75, 3.05) is 7.11 Å². The summed E-state index contributed by atoms with van der Waals surface area (Å²) >= 11 is 0. The summed E-state index contributed by atoms with van der Waals surface area (Å²) in [4.78, 5) is 22.4. The van der Waals surface area contributed by atoms with Gasteiger partial charge in [0.25, 0.3) is 0 Å². The van der Waals surface area contributed by atoms with Crippen molar-refractivity contribution in [2.24, 2.45) is 5.92 Å². The number of carbonyl (C=O) groups excluding carboxylic acids is 2. The summed E-state index contributed by atoms with van der Waals surface area (Å²) in [6.45, 7) is 7.49. The van der Waals surface area contributed by atoms with Crippen LogP contribution in [0, 0.1) is 5.92 Å². The monoisotopic (exact) mass is 304 g/mol. The summed E-state index contributed by atoms with van der Waals surface area (Å²) in [6, 6.07) is 7.81. The predicted octanol–water partition coefficient (Wildman–Crippen LogP) is 3.86. The van der Waals surface area contributed by atoms with Crippen molar-refractivity contribution in [3.8, 4) is 5.75 Å². The number of esters is 1. The number of hydrogen-bond acceptors (Lipinski definition) is 4. The van der Waals surface area contributed by atoms with E-state index in [0.717, 1.165) is 16.9 Å². The average Bonchev–Trinajstić information content (AvgIpc) is 2.44. The summed E-state index contributed by atoms with van der Waals surface area (Å²) in [5, 5.41) is 0. The van der Waals surface area contributed by atoms with E-state index in [4.69, 9.17) is 9.47 Å². The van der Waals surface area contributed by atoms with Crippen molar-refractivity contribution < 1.29 is 19.1 Å². The molecule has 120 valence electrons. The van der Waals surface area contributed by atoms with Gasteiger partial charge in [0.1, 0.15) is 18.0 Å². The number of Topliss-reactive ketones (excluding diaryl/α,β-unsaturated/α-hetero) is 1. The Labute approximate surface area is 132 Å². The van der Waals surface area contributed by atoms with Crippen molar-refractivity contribution in [3.63, 3.8) is 0 Å². The summed E-state index contributed by atoms with van der Waals surface area (Å²) in [5.41, 5.74) is 1.97. The van der Waals surface area contributed by atoms with Crippen LogP contribution in [-0.4, -0.2) is 18.9 Å². The molecule has 0 bridgehead atoms. The fourth-order valence-corrected chi connectivity index (χ4v) is 2.53. The van der Waals surface area contributed by atoms with E-state index in [9.17, 15) is 9.59 Å². The van der Waals surface area contributed by atoms with Crippen molar-refractivity contribution >= 4 is 11.8 Å². The van der Waals surface area contributed by atoms with Crippen LogP contribution in [-0.2, 0) is 14.3 Å². The Bertz CT molecular complexity index is 558. The van der Waals surface area contributed by atoms with E-state index in [1.54, 1.807) is 7.11 Å². The van der Waals surface area contributed by atoms with Crippen molar-refractivity contribution in [3.05, 3.63) is 41.7 Å². The van der Waals surface area contributed by atoms with Crippen LogP contribution in [0.5, 0.6) is 5.75 Å². The normalized spacial score (nSPS) is 12.9. The Balaban J connectivity index is 3.00. The molecule has 0 spiro atoms. The predicted molar refractivity (Wildman–Crippen MR) is 85.7 cm³/mol. The molecule has 0 N–H and O–H groups in total. The molecule has 22 heavy (non-hydrogen) atoms. The van der Waals surface area contributed by atoms with Crippen LogP contribution in [0.2, 0.25) is 0 Å². The quantitative estimate of drug-likeness (QED) is 0.436. The molecule has 4 nitrogen and oxygen atoms in total. The lowest BCUT2D eigenvalue weighted by Gasteiger charge is -2.24. The molecule has 0 saturated carbocycles. The van der Waals surface area contributed by atoms with E-state index >= 15 is 0 Å². The molecule has 1 rings (SSSR count). The minimum absolute atomic E-state index is 0.0706. The molecule has 0 saturated heterocycles. The van der Waals surface area contributed by atoms with Gasteiger partial charge in [0.2, 0.25) is 0 Å². The lowest BCUT2D eigenvalue weighted by Crippen LogP contribution is -2.11. The Morgan fingerprint density at radius 2 is 1.82 bits per heavy atom.